The molecule has 1 aromatic heterocycles. The molecule has 1 saturated heterocycles. The fraction of sp³-hybridized carbons (Fsp3) is 0.571. The molecule has 0 spiro atoms. The van der Waals surface area contributed by atoms with Crippen LogP contribution in [0.4, 0.5) is 0 Å². The van der Waals surface area contributed by atoms with Crippen LogP contribution in [0.15, 0.2) is 29.6 Å². The lowest BCUT2D eigenvalue weighted by Gasteiger charge is -2.15. The average Bonchev–Trinajstić information content (AvgIpc) is 2.81. The van der Waals surface area contributed by atoms with Gasteiger partial charge in [-0.2, -0.15) is 4.57 Å². The zero-order valence-corrected chi connectivity index (χ0v) is 14.2. The van der Waals surface area contributed by atoms with Crippen LogP contribution in [0, 0.1) is 11.8 Å². The highest BCUT2D eigenvalue weighted by Gasteiger charge is 2.46. The van der Waals surface area contributed by atoms with E-state index in [-0.39, 0.29) is 41.1 Å². The second-order valence-corrected chi connectivity index (χ2v) is 5.31. The molecular formula is C14H20BrN5O2. The Kier molecular flexibility index (Phi) is 6.80. The summed E-state index contributed by atoms with van der Waals surface area (Å²) in [7, 11) is 0. The number of aromatic nitrogens is 1. The summed E-state index contributed by atoms with van der Waals surface area (Å²) in [5.74, 6) is -0.136. The molecule has 1 amide bonds. The third-order valence-corrected chi connectivity index (χ3v) is 4.10. The van der Waals surface area contributed by atoms with Crippen LogP contribution in [0.3, 0.4) is 0 Å². The zero-order chi connectivity index (χ0) is 15.4. The Morgan fingerprint density at radius 3 is 2.91 bits per heavy atom. The first-order chi connectivity index (χ1) is 10.1. The van der Waals surface area contributed by atoms with Gasteiger partial charge in [0.05, 0.1) is 12.0 Å². The Morgan fingerprint density at radius 2 is 2.32 bits per heavy atom. The van der Waals surface area contributed by atoms with E-state index in [0.29, 0.717) is 12.1 Å². The number of primary amides is 1. The summed E-state index contributed by atoms with van der Waals surface area (Å²) >= 11 is 0. The molecule has 22 heavy (non-hydrogen) atoms. The van der Waals surface area contributed by atoms with Gasteiger partial charge in [-0.15, -0.1) is 0 Å². The zero-order valence-electron chi connectivity index (χ0n) is 12.6. The number of pyridine rings is 1. The third kappa shape index (κ3) is 3.76. The molecule has 7 nitrogen and oxygen atoms in total. The molecule has 0 radical (unpaired) electrons. The largest absolute Gasteiger partial charge is 1.00 e. The lowest BCUT2D eigenvalue weighted by molar-refractivity contribution is -0.765. The molecule has 1 aliphatic heterocycles. The van der Waals surface area contributed by atoms with Crippen LogP contribution < -0.4 is 27.3 Å². The van der Waals surface area contributed by atoms with Crippen LogP contribution in [0.25, 0.3) is 10.4 Å². The van der Waals surface area contributed by atoms with Crippen molar-refractivity contribution in [3.8, 4) is 0 Å². The van der Waals surface area contributed by atoms with Crippen molar-refractivity contribution in [1.82, 2.24) is 0 Å². The van der Waals surface area contributed by atoms with E-state index in [1.807, 2.05) is 10.8 Å². The van der Waals surface area contributed by atoms with Gasteiger partial charge in [0.25, 0.3) is 12.1 Å². The standard InChI is InChI=1S/C14H19N5O2.BrH/c1-3-12-9(2)11(7-17-18-16)14(21-12)19-6-4-5-10(8-19)13(15)20;/h4-6,8-9,11-12,14H,3,7H2,1-2H3,(H-,15,20);1H/t9-,11+,12+,14+;/m0./s1. The van der Waals surface area contributed by atoms with Gasteiger partial charge in [-0.25, -0.2) is 0 Å². The maximum atomic E-state index is 11.3. The van der Waals surface area contributed by atoms with Crippen LogP contribution in [-0.2, 0) is 4.74 Å². The maximum Gasteiger partial charge on any atom is 0.266 e. The van der Waals surface area contributed by atoms with E-state index in [9.17, 15) is 4.79 Å². The van der Waals surface area contributed by atoms with Gasteiger partial charge in [-0.1, -0.05) is 19.0 Å². The number of ether oxygens (including phenoxy) is 1. The van der Waals surface area contributed by atoms with Crippen molar-refractivity contribution < 1.29 is 31.1 Å². The molecule has 0 bridgehead atoms. The topological polar surface area (TPSA) is 105 Å². The van der Waals surface area contributed by atoms with Gasteiger partial charge in [-0.05, 0) is 23.9 Å². The second kappa shape index (κ2) is 8.12. The van der Waals surface area contributed by atoms with Gasteiger partial charge in [0.15, 0.2) is 12.4 Å². The minimum atomic E-state index is -0.478. The van der Waals surface area contributed by atoms with Crippen molar-refractivity contribution in [3.63, 3.8) is 0 Å². The Bertz CT molecular complexity index is 576. The Hall–Kier alpha value is -1.63. The molecule has 2 N–H and O–H groups in total. The number of carbonyl (C=O) groups excluding carboxylic acids is 1. The SMILES string of the molecule is CC[C@H]1O[C@@H]([n+]2cccc(C(N)=O)c2)[C@H](CN=[N+]=[N-])[C@@H]1C.[Br-]. The Morgan fingerprint density at radius 1 is 1.59 bits per heavy atom. The van der Waals surface area contributed by atoms with E-state index < -0.39 is 5.91 Å². The second-order valence-electron chi connectivity index (χ2n) is 5.31. The minimum absolute atomic E-state index is 0. The summed E-state index contributed by atoms with van der Waals surface area (Å²) in [6, 6.07) is 3.43. The first-order valence-electron chi connectivity index (χ1n) is 7.05. The first-order valence-corrected chi connectivity index (χ1v) is 7.05. The molecule has 0 aliphatic carbocycles. The Balaban J connectivity index is 0.00000242. The van der Waals surface area contributed by atoms with Crippen molar-refractivity contribution >= 4 is 5.91 Å². The van der Waals surface area contributed by atoms with Gasteiger partial charge >= 0.3 is 0 Å². The van der Waals surface area contributed by atoms with Crippen molar-refractivity contribution in [1.29, 1.82) is 0 Å². The van der Waals surface area contributed by atoms with Gasteiger partial charge < -0.3 is 27.5 Å². The summed E-state index contributed by atoms with van der Waals surface area (Å²) in [4.78, 5) is 14.2. The number of rotatable bonds is 5. The van der Waals surface area contributed by atoms with Crippen LogP contribution in [0.5, 0.6) is 0 Å². The van der Waals surface area contributed by atoms with Crippen LogP contribution in [0.2, 0.25) is 0 Å². The van der Waals surface area contributed by atoms with Crippen molar-refractivity contribution in [3.05, 3.63) is 40.5 Å². The van der Waals surface area contributed by atoms with Gasteiger partial charge in [0, 0.05) is 17.5 Å². The molecule has 2 heterocycles. The van der Waals surface area contributed by atoms with Crippen molar-refractivity contribution in [2.75, 3.05) is 6.54 Å². The van der Waals surface area contributed by atoms with Gasteiger partial charge in [0.2, 0.25) is 0 Å². The molecular weight excluding hydrogens is 350 g/mol. The molecule has 0 aromatic carbocycles. The highest BCUT2D eigenvalue weighted by Crippen LogP contribution is 2.37. The number of nitrogens with zero attached hydrogens (tertiary/aromatic N) is 4. The molecule has 0 unspecified atom stereocenters. The number of halogens is 1. The molecule has 1 aliphatic rings. The molecule has 1 fully saturated rings. The monoisotopic (exact) mass is 369 g/mol. The lowest BCUT2D eigenvalue weighted by Crippen LogP contribution is -3.00. The molecule has 2 rings (SSSR count). The van der Waals surface area contributed by atoms with E-state index in [1.54, 1.807) is 18.3 Å². The predicted octanol–water partition coefficient (Wildman–Crippen LogP) is -1.05. The maximum absolute atomic E-state index is 11.3. The van der Waals surface area contributed by atoms with Gasteiger partial charge in [0.1, 0.15) is 5.56 Å². The van der Waals surface area contributed by atoms with Crippen LogP contribution in [-0.4, -0.2) is 18.6 Å². The summed E-state index contributed by atoms with van der Waals surface area (Å²) in [5, 5.41) is 3.70. The normalized spacial score (nSPS) is 26.8. The summed E-state index contributed by atoms with van der Waals surface area (Å²) in [6.45, 7) is 4.54. The number of azide groups is 1. The lowest BCUT2D eigenvalue weighted by atomic mass is 9.90. The van der Waals surface area contributed by atoms with Gasteiger partial charge in [-0.3, -0.25) is 4.79 Å². The number of hydrogen-bond acceptors (Lipinski definition) is 3. The van der Waals surface area contributed by atoms with E-state index in [1.165, 1.54) is 0 Å². The average molecular weight is 370 g/mol. The fourth-order valence-electron chi connectivity index (χ4n) is 2.88. The number of carbonyl (C=O) groups is 1. The Labute approximate surface area is 139 Å². The van der Waals surface area contributed by atoms with Crippen molar-refractivity contribution in [2.45, 2.75) is 32.6 Å². The number of nitrogens with two attached hydrogens (primary N) is 1. The predicted molar refractivity (Wildman–Crippen MR) is 76.0 cm³/mol. The smallest absolute Gasteiger partial charge is 0.266 e. The van der Waals surface area contributed by atoms with Crippen LogP contribution in [0.1, 0.15) is 36.9 Å². The van der Waals surface area contributed by atoms with E-state index >= 15 is 0 Å². The summed E-state index contributed by atoms with van der Waals surface area (Å²) < 4.78 is 7.92. The molecule has 0 saturated carbocycles. The minimum Gasteiger partial charge on any atom is -1.00 e. The van der Waals surface area contributed by atoms with Crippen LogP contribution >= 0.6 is 0 Å². The first kappa shape index (κ1) is 18.4. The van der Waals surface area contributed by atoms with E-state index in [2.05, 4.69) is 23.9 Å². The fourth-order valence-corrected chi connectivity index (χ4v) is 2.88. The highest BCUT2D eigenvalue weighted by molar-refractivity contribution is 5.92. The summed E-state index contributed by atoms with van der Waals surface area (Å²) in [5.41, 5.74) is 14.3. The van der Waals surface area contributed by atoms with Crippen molar-refractivity contribution in [2.24, 2.45) is 22.7 Å². The quantitative estimate of drug-likeness (QED) is 0.309. The third-order valence-electron chi connectivity index (χ3n) is 4.10. The molecule has 4 atom stereocenters. The van der Waals surface area contributed by atoms with E-state index in [0.717, 1.165) is 6.42 Å². The molecule has 120 valence electrons. The summed E-state index contributed by atoms with van der Waals surface area (Å²) in [6.07, 6.45) is 4.26. The highest BCUT2D eigenvalue weighted by atomic mass is 79.9. The number of amides is 1. The molecule has 1 aromatic rings. The number of hydrogen-bond donors (Lipinski definition) is 1. The van der Waals surface area contributed by atoms with E-state index in [4.69, 9.17) is 16.0 Å². The molecule has 8 heteroatoms.